The average molecular weight is 529 g/mol. The molecule has 0 aromatic heterocycles. The highest BCUT2D eigenvalue weighted by molar-refractivity contribution is 6.15. The number of carbonyl (C=O) groups excluding carboxylic acids is 2. The van der Waals surface area contributed by atoms with Crippen LogP contribution in [0.25, 0.3) is 10.8 Å². The molecule has 3 saturated heterocycles. The second kappa shape index (κ2) is 7.51. The van der Waals surface area contributed by atoms with Crippen LogP contribution in [-0.2, 0) is 23.7 Å². The van der Waals surface area contributed by atoms with Gasteiger partial charge in [0.05, 0.1) is 30.3 Å². The van der Waals surface area contributed by atoms with E-state index in [1.807, 2.05) is 0 Å². The third kappa shape index (κ3) is 2.41. The van der Waals surface area contributed by atoms with Crippen molar-refractivity contribution in [1.29, 1.82) is 0 Å². The van der Waals surface area contributed by atoms with Crippen LogP contribution in [0.3, 0.4) is 0 Å². The first-order valence-electron chi connectivity index (χ1n) is 12.6. The molecule has 11 heteroatoms. The Morgan fingerprint density at radius 1 is 1.26 bits per heavy atom. The number of epoxide rings is 1. The van der Waals surface area contributed by atoms with Crippen LogP contribution >= 0.6 is 0 Å². The van der Waals surface area contributed by atoms with Crippen molar-refractivity contribution >= 4 is 22.8 Å². The highest BCUT2D eigenvalue weighted by atomic mass is 16.9. The summed E-state index contributed by atoms with van der Waals surface area (Å²) in [4.78, 5) is 25.7. The minimum Gasteiger partial charge on any atom is -0.506 e. The van der Waals surface area contributed by atoms with Crippen LogP contribution < -0.4 is 4.74 Å². The van der Waals surface area contributed by atoms with Crippen LogP contribution in [0, 0.1) is 12.8 Å². The molecule has 4 aliphatic heterocycles. The van der Waals surface area contributed by atoms with E-state index in [0.717, 1.165) is 0 Å². The van der Waals surface area contributed by atoms with E-state index >= 15 is 0 Å². The molecule has 8 atom stereocenters. The lowest BCUT2D eigenvalue weighted by molar-refractivity contribution is -0.313. The molecule has 4 heterocycles. The van der Waals surface area contributed by atoms with Gasteiger partial charge in [-0.15, -0.1) is 0 Å². The van der Waals surface area contributed by atoms with Gasteiger partial charge in [-0.25, -0.2) is 0 Å². The molecule has 2 aromatic carbocycles. The van der Waals surface area contributed by atoms with Crippen molar-refractivity contribution in [2.45, 2.75) is 61.9 Å². The van der Waals surface area contributed by atoms with Gasteiger partial charge in [0, 0.05) is 42.2 Å². The van der Waals surface area contributed by atoms with Gasteiger partial charge in [0.1, 0.15) is 23.7 Å². The zero-order valence-corrected chi connectivity index (χ0v) is 21.3. The molecule has 0 amide bonds. The Kier molecular flexibility index (Phi) is 4.82. The quantitative estimate of drug-likeness (QED) is 0.383. The number of phenolic OH excluding ortho intramolecular Hbond substituents is 1. The Balaban J connectivity index is 1.55. The van der Waals surface area contributed by atoms with Gasteiger partial charge < -0.3 is 43.7 Å². The first kappa shape index (κ1) is 24.4. The number of fused-ring (bicyclic) bond motifs is 8. The summed E-state index contributed by atoms with van der Waals surface area (Å²) in [5.41, 5.74) is 0.0860. The normalized spacial score (nSPS) is 38.7. The lowest BCUT2D eigenvalue weighted by Crippen LogP contribution is -2.70. The number of phenols is 1. The minimum atomic E-state index is -1.55. The largest absolute Gasteiger partial charge is 0.506 e. The number of Topliss-reactive ketones (excluding diaryl/α,β-unsaturated/α-hetero) is 1. The molecule has 202 valence electrons. The highest BCUT2D eigenvalue weighted by Gasteiger charge is 2.92. The van der Waals surface area contributed by atoms with E-state index in [2.05, 4.69) is 0 Å². The van der Waals surface area contributed by atoms with E-state index in [1.54, 1.807) is 19.9 Å². The Hall–Kier alpha value is -2.64. The number of aliphatic hydroxyl groups excluding tert-OH is 2. The van der Waals surface area contributed by atoms with Crippen molar-refractivity contribution < 1.29 is 53.3 Å². The summed E-state index contributed by atoms with van der Waals surface area (Å²) >= 11 is 0. The fraction of sp³-hybridized carbons (Fsp3) is 0.556. The number of aliphatic hydroxyl groups is 2. The number of hydrogen-bond donors (Lipinski definition) is 3. The number of aryl methyl sites for hydroxylation is 1. The van der Waals surface area contributed by atoms with Crippen LogP contribution in [0.5, 0.6) is 11.5 Å². The van der Waals surface area contributed by atoms with Gasteiger partial charge in [0.25, 0.3) is 5.79 Å². The van der Waals surface area contributed by atoms with E-state index < -0.39 is 54.1 Å². The molecular formula is C27H28O11. The number of ketones is 1. The van der Waals surface area contributed by atoms with Gasteiger partial charge in [0.2, 0.25) is 11.4 Å². The van der Waals surface area contributed by atoms with Crippen LogP contribution in [-0.4, -0.2) is 84.2 Å². The van der Waals surface area contributed by atoms with E-state index in [4.69, 9.17) is 28.4 Å². The van der Waals surface area contributed by atoms with Crippen molar-refractivity contribution in [2.75, 3.05) is 27.4 Å². The average Bonchev–Trinajstić information content (AvgIpc) is 3.56. The monoisotopic (exact) mass is 528 g/mol. The Bertz CT molecular complexity index is 1430. The molecule has 0 saturated carbocycles. The lowest BCUT2D eigenvalue weighted by Gasteiger charge is -2.49. The molecule has 3 N–H and O–H groups in total. The first-order valence-corrected chi connectivity index (χ1v) is 12.6. The number of aldehydes is 1. The SMILES string of the molecule is COC(CO)C12OC3c4c(C)cc5c(C=O)c6c(c(O)c5c4OC(OC)(C3O1)C21CO1)C(=O)[C@H](C)C[C@@H]6O. The van der Waals surface area contributed by atoms with E-state index in [9.17, 15) is 24.9 Å². The zero-order chi connectivity index (χ0) is 26.9. The fourth-order valence-corrected chi connectivity index (χ4v) is 7.30. The van der Waals surface area contributed by atoms with E-state index in [0.29, 0.717) is 22.8 Å². The third-order valence-electron chi connectivity index (χ3n) is 9.10. The molecule has 1 spiro atoms. The van der Waals surface area contributed by atoms with Crippen molar-refractivity contribution in [3.8, 4) is 11.5 Å². The molecule has 0 radical (unpaired) electrons. The highest BCUT2D eigenvalue weighted by Crippen LogP contribution is 2.71. The fourth-order valence-electron chi connectivity index (χ4n) is 7.30. The Labute approximate surface area is 217 Å². The maximum Gasteiger partial charge on any atom is 0.276 e. The molecular weight excluding hydrogens is 500 g/mol. The van der Waals surface area contributed by atoms with Crippen molar-refractivity contribution in [3.05, 3.63) is 33.9 Å². The number of benzene rings is 2. The summed E-state index contributed by atoms with van der Waals surface area (Å²) in [6, 6.07) is 1.71. The van der Waals surface area contributed by atoms with Gasteiger partial charge in [-0.3, -0.25) is 9.59 Å². The molecule has 11 nitrogen and oxygen atoms in total. The second-order valence-electron chi connectivity index (χ2n) is 10.8. The molecule has 5 aliphatic rings. The molecule has 3 fully saturated rings. The van der Waals surface area contributed by atoms with Crippen LogP contribution in [0.15, 0.2) is 6.07 Å². The lowest BCUT2D eigenvalue weighted by atomic mass is 9.75. The summed E-state index contributed by atoms with van der Waals surface area (Å²) in [5, 5.41) is 33.0. The summed E-state index contributed by atoms with van der Waals surface area (Å²) in [6.45, 7) is 3.19. The summed E-state index contributed by atoms with van der Waals surface area (Å²) in [5.74, 6) is -4.19. The second-order valence-corrected chi connectivity index (χ2v) is 10.8. The maximum atomic E-state index is 13.2. The van der Waals surface area contributed by atoms with E-state index in [1.165, 1.54) is 14.2 Å². The smallest absolute Gasteiger partial charge is 0.276 e. The van der Waals surface area contributed by atoms with Crippen LogP contribution in [0.1, 0.15) is 63.0 Å². The van der Waals surface area contributed by atoms with Gasteiger partial charge in [-0.05, 0) is 25.0 Å². The summed E-state index contributed by atoms with van der Waals surface area (Å²) in [7, 11) is 2.88. The van der Waals surface area contributed by atoms with Crippen molar-refractivity contribution in [1.82, 2.24) is 0 Å². The van der Waals surface area contributed by atoms with Gasteiger partial charge in [-0.1, -0.05) is 6.92 Å². The summed E-state index contributed by atoms with van der Waals surface area (Å²) < 4.78 is 37.1. The van der Waals surface area contributed by atoms with Crippen molar-refractivity contribution in [2.24, 2.45) is 5.92 Å². The Morgan fingerprint density at radius 2 is 2.00 bits per heavy atom. The number of rotatable bonds is 5. The van der Waals surface area contributed by atoms with Gasteiger partial charge >= 0.3 is 0 Å². The molecule has 1 aliphatic carbocycles. The number of carbonyl (C=O) groups is 2. The molecule has 2 aromatic rings. The van der Waals surface area contributed by atoms with Gasteiger partial charge in [-0.2, -0.15) is 0 Å². The maximum absolute atomic E-state index is 13.2. The topological polar surface area (TPSA) is 154 Å². The first-order chi connectivity index (χ1) is 18.2. The number of methoxy groups -OCH3 is 2. The van der Waals surface area contributed by atoms with Crippen LogP contribution in [0.2, 0.25) is 0 Å². The zero-order valence-electron chi connectivity index (χ0n) is 21.3. The standard InChI is InChI=1S/C27H28O11/c1-10-5-12-13(7-28)17-14(30)6-11(2)20(31)19(17)21(32)18(12)22-16(10)23-24-27(34-4,36-22)25(9-35-25)26(37-23,38-24)15(8-29)33-3/h5,7,11,14-15,23-24,29-30,32H,6,8-9H2,1-4H3/t11-,14+,15?,23?,24?,25?,26?,27?/m1/s1. The predicted octanol–water partition coefficient (Wildman–Crippen LogP) is 1.60. The minimum absolute atomic E-state index is 0.0854. The third-order valence-corrected chi connectivity index (χ3v) is 9.10. The number of ether oxygens (including phenoxy) is 6. The molecule has 2 bridgehead atoms. The Morgan fingerprint density at radius 3 is 2.61 bits per heavy atom. The van der Waals surface area contributed by atoms with Crippen LogP contribution in [0.4, 0.5) is 0 Å². The molecule has 7 rings (SSSR count). The molecule has 6 unspecified atom stereocenters. The van der Waals surface area contributed by atoms with E-state index in [-0.39, 0.29) is 52.4 Å². The predicted molar refractivity (Wildman–Crippen MR) is 127 cm³/mol. The van der Waals surface area contributed by atoms with Gasteiger partial charge in [0.15, 0.2) is 18.2 Å². The summed E-state index contributed by atoms with van der Waals surface area (Å²) in [6.07, 6.45) is -2.84. The number of aromatic hydroxyl groups is 1. The van der Waals surface area contributed by atoms with Crippen molar-refractivity contribution in [3.63, 3.8) is 0 Å². The molecule has 38 heavy (non-hydrogen) atoms. The number of hydrogen-bond acceptors (Lipinski definition) is 11.